The molecular weight excluding hydrogens is 356 g/mol. The Morgan fingerprint density at radius 2 is 1.50 bits per heavy atom. The second-order valence-electron chi connectivity index (χ2n) is 5.65. The average molecular weight is 380 g/mol. The SMILES string of the molecule is COc1cc(CNCCc2ccc(S(N)(=O)=O)cc2)cc(OC)c1OC. The third-order valence-corrected chi connectivity index (χ3v) is 4.83. The highest BCUT2D eigenvalue weighted by Crippen LogP contribution is 2.38. The minimum atomic E-state index is -3.65. The lowest BCUT2D eigenvalue weighted by atomic mass is 10.1. The standard InChI is InChI=1S/C18H24N2O5S/c1-23-16-10-14(11-17(24-2)18(16)25-3)12-20-9-8-13-4-6-15(7-5-13)26(19,21)22/h4-7,10-11,20H,8-9,12H2,1-3H3,(H2,19,21,22). The van der Waals surface area contributed by atoms with Gasteiger partial charge in [-0.25, -0.2) is 13.6 Å². The number of methoxy groups -OCH3 is 3. The molecule has 2 aromatic carbocycles. The van der Waals surface area contributed by atoms with Gasteiger partial charge in [0.1, 0.15) is 0 Å². The molecule has 0 aliphatic carbocycles. The molecule has 0 bridgehead atoms. The van der Waals surface area contributed by atoms with E-state index in [9.17, 15) is 8.42 Å². The van der Waals surface area contributed by atoms with Crippen LogP contribution in [0, 0.1) is 0 Å². The van der Waals surface area contributed by atoms with Crippen molar-refractivity contribution in [2.24, 2.45) is 5.14 Å². The summed E-state index contributed by atoms with van der Waals surface area (Å²) in [7, 11) is 1.09. The van der Waals surface area contributed by atoms with Crippen molar-refractivity contribution in [3.8, 4) is 17.2 Å². The minimum Gasteiger partial charge on any atom is -0.493 e. The van der Waals surface area contributed by atoms with Crippen molar-refractivity contribution < 1.29 is 22.6 Å². The number of ether oxygens (including phenoxy) is 3. The van der Waals surface area contributed by atoms with Crippen LogP contribution in [-0.2, 0) is 23.0 Å². The molecule has 0 radical (unpaired) electrons. The number of rotatable bonds is 9. The Morgan fingerprint density at radius 3 is 1.96 bits per heavy atom. The normalized spacial score (nSPS) is 11.2. The summed E-state index contributed by atoms with van der Waals surface area (Å²) in [4.78, 5) is 0.117. The van der Waals surface area contributed by atoms with Gasteiger partial charge in [-0.1, -0.05) is 12.1 Å². The lowest BCUT2D eigenvalue weighted by Gasteiger charge is -2.14. The maximum atomic E-state index is 11.2. The van der Waals surface area contributed by atoms with Crippen LogP contribution in [-0.4, -0.2) is 36.3 Å². The molecule has 0 heterocycles. The number of primary sulfonamides is 1. The zero-order chi connectivity index (χ0) is 19.2. The zero-order valence-corrected chi connectivity index (χ0v) is 15.9. The van der Waals surface area contributed by atoms with E-state index in [4.69, 9.17) is 19.3 Å². The molecule has 142 valence electrons. The molecule has 0 spiro atoms. The molecular formula is C18H24N2O5S. The van der Waals surface area contributed by atoms with Gasteiger partial charge in [0.15, 0.2) is 11.5 Å². The summed E-state index contributed by atoms with van der Waals surface area (Å²) in [6, 6.07) is 10.4. The van der Waals surface area contributed by atoms with Gasteiger partial charge in [-0.15, -0.1) is 0 Å². The Kier molecular flexibility index (Phi) is 6.84. The molecule has 7 nitrogen and oxygen atoms in total. The van der Waals surface area contributed by atoms with Crippen LogP contribution < -0.4 is 24.7 Å². The number of hydrogen-bond acceptors (Lipinski definition) is 6. The van der Waals surface area contributed by atoms with Gasteiger partial charge in [0, 0.05) is 6.54 Å². The van der Waals surface area contributed by atoms with Gasteiger partial charge in [0.05, 0.1) is 26.2 Å². The molecule has 3 N–H and O–H groups in total. The molecule has 0 saturated heterocycles. The van der Waals surface area contributed by atoms with E-state index in [1.54, 1.807) is 33.5 Å². The van der Waals surface area contributed by atoms with Gasteiger partial charge in [-0.2, -0.15) is 0 Å². The predicted octanol–water partition coefficient (Wildman–Crippen LogP) is 1.69. The Labute approximate surface area is 154 Å². The summed E-state index contributed by atoms with van der Waals surface area (Å²) in [6.07, 6.45) is 0.759. The van der Waals surface area contributed by atoms with E-state index in [-0.39, 0.29) is 4.90 Å². The van der Waals surface area contributed by atoms with Crippen LogP contribution in [0.1, 0.15) is 11.1 Å². The van der Waals surface area contributed by atoms with Gasteiger partial charge < -0.3 is 19.5 Å². The molecule has 0 aromatic heterocycles. The second kappa shape index (κ2) is 8.88. The molecule has 8 heteroatoms. The summed E-state index contributed by atoms with van der Waals surface area (Å²) >= 11 is 0. The number of nitrogens with one attached hydrogen (secondary N) is 1. The Hall–Kier alpha value is -2.29. The molecule has 2 aromatic rings. The predicted molar refractivity (Wildman–Crippen MR) is 99.3 cm³/mol. The van der Waals surface area contributed by atoms with Crippen LogP contribution in [0.5, 0.6) is 17.2 Å². The lowest BCUT2D eigenvalue weighted by molar-refractivity contribution is 0.323. The maximum Gasteiger partial charge on any atom is 0.238 e. The van der Waals surface area contributed by atoms with Crippen LogP contribution in [0.2, 0.25) is 0 Å². The molecule has 0 atom stereocenters. The summed E-state index contributed by atoms with van der Waals surface area (Å²) in [6.45, 7) is 1.36. The fourth-order valence-electron chi connectivity index (χ4n) is 2.55. The van der Waals surface area contributed by atoms with Gasteiger partial charge in [-0.3, -0.25) is 0 Å². The summed E-state index contributed by atoms with van der Waals surface area (Å²) in [5, 5.41) is 8.43. The zero-order valence-electron chi connectivity index (χ0n) is 15.1. The first kappa shape index (κ1) is 20.0. The van der Waals surface area contributed by atoms with Gasteiger partial charge >= 0.3 is 0 Å². The highest BCUT2D eigenvalue weighted by molar-refractivity contribution is 7.89. The first-order valence-corrected chi connectivity index (χ1v) is 9.55. The van der Waals surface area contributed by atoms with E-state index in [0.717, 1.165) is 24.1 Å². The van der Waals surface area contributed by atoms with Crippen LogP contribution in [0.4, 0.5) is 0 Å². The highest BCUT2D eigenvalue weighted by Gasteiger charge is 2.13. The van der Waals surface area contributed by atoms with E-state index < -0.39 is 10.0 Å². The summed E-state index contributed by atoms with van der Waals surface area (Å²) in [5.41, 5.74) is 2.03. The van der Waals surface area contributed by atoms with Crippen molar-refractivity contribution in [1.29, 1.82) is 0 Å². The molecule has 0 saturated carbocycles. The number of nitrogens with two attached hydrogens (primary N) is 1. The largest absolute Gasteiger partial charge is 0.493 e. The molecule has 2 rings (SSSR count). The first-order chi connectivity index (χ1) is 12.4. The fraction of sp³-hybridized carbons (Fsp3) is 0.333. The van der Waals surface area contributed by atoms with Crippen molar-refractivity contribution in [1.82, 2.24) is 5.32 Å². The quantitative estimate of drug-likeness (QED) is 0.642. The topological polar surface area (TPSA) is 99.9 Å². The van der Waals surface area contributed by atoms with Gasteiger partial charge in [-0.05, 0) is 48.4 Å². The van der Waals surface area contributed by atoms with Crippen LogP contribution in [0.3, 0.4) is 0 Å². The highest BCUT2D eigenvalue weighted by atomic mass is 32.2. The maximum absolute atomic E-state index is 11.2. The Bertz CT molecular complexity index is 810. The fourth-order valence-corrected chi connectivity index (χ4v) is 3.06. The average Bonchev–Trinajstić information content (AvgIpc) is 2.63. The van der Waals surface area contributed by atoms with Crippen molar-refractivity contribution in [2.45, 2.75) is 17.9 Å². The van der Waals surface area contributed by atoms with Gasteiger partial charge in [0.2, 0.25) is 15.8 Å². The van der Waals surface area contributed by atoms with E-state index in [2.05, 4.69) is 5.32 Å². The summed E-state index contributed by atoms with van der Waals surface area (Å²) in [5.74, 6) is 1.79. The molecule has 26 heavy (non-hydrogen) atoms. The van der Waals surface area contributed by atoms with Crippen molar-refractivity contribution in [3.63, 3.8) is 0 Å². The minimum absolute atomic E-state index is 0.117. The second-order valence-corrected chi connectivity index (χ2v) is 7.21. The molecule has 0 aliphatic rings. The third-order valence-electron chi connectivity index (χ3n) is 3.90. The van der Waals surface area contributed by atoms with Crippen LogP contribution in [0.15, 0.2) is 41.3 Å². The molecule has 0 unspecified atom stereocenters. The van der Waals surface area contributed by atoms with E-state index in [1.807, 2.05) is 12.1 Å². The van der Waals surface area contributed by atoms with Crippen molar-refractivity contribution in [3.05, 3.63) is 47.5 Å². The number of benzene rings is 2. The molecule has 0 aliphatic heterocycles. The lowest BCUT2D eigenvalue weighted by Crippen LogP contribution is -2.17. The Balaban J connectivity index is 1.94. The van der Waals surface area contributed by atoms with Gasteiger partial charge in [0.25, 0.3) is 0 Å². The van der Waals surface area contributed by atoms with E-state index >= 15 is 0 Å². The van der Waals surface area contributed by atoms with E-state index in [1.165, 1.54) is 12.1 Å². The smallest absolute Gasteiger partial charge is 0.238 e. The van der Waals surface area contributed by atoms with Crippen LogP contribution >= 0.6 is 0 Å². The van der Waals surface area contributed by atoms with Crippen LogP contribution in [0.25, 0.3) is 0 Å². The monoisotopic (exact) mass is 380 g/mol. The third kappa shape index (κ3) is 5.10. The molecule has 0 amide bonds. The van der Waals surface area contributed by atoms with Crippen molar-refractivity contribution in [2.75, 3.05) is 27.9 Å². The first-order valence-electron chi connectivity index (χ1n) is 8.00. The van der Waals surface area contributed by atoms with E-state index in [0.29, 0.717) is 23.8 Å². The number of sulfonamides is 1. The number of hydrogen-bond donors (Lipinski definition) is 2. The Morgan fingerprint density at radius 1 is 0.923 bits per heavy atom. The summed E-state index contributed by atoms with van der Waals surface area (Å²) < 4.78 is 38.5. The molecule has 0 fully saturated rings. The van der Waals surface area contributed by atoms with Crippen molar-refractivity contribution >= 4 is 10.0 Å².